The van der Waals surface area contributed by atoms with E-state index in [4.69, 9.17) is 4.74 Å². The average molecular weight is 226 g/mol. The highest BCUT2D eigenvalue weighted by atomic mass is 16.5. The Morgan fingerprint density at radius 3 is 3.00 bits per heavy atom. The van der Waals surface area contributed by atoms with Crippen LogP contribution >= 0.6 is 0 Å². The van der Waals surface area contributed by atoms with Crippen LogP contribution in [0.15, 0.2) is 6.20 Å². The first-order chi connectivity index (χ1) is 7.72. The van der Waals surface area contributed by atoms with Gasteiger partial charge in [-0.2, -0.15) is 0 Å². The second kappa shape index (κ2) is 7.35. The van der Waals surface area contributed by atoms with Crippen molar-refractivity contribution in [1.82, 2.24) is 20.3 Å². The monoisotopic (exact) mass is 226 g/mol. The maximum absolute atomic E-state index is 5.27. The van der Waals surface area contributed by atoms with Crippen molar-refractivity contribution in [3.05, 3.63) is 11.9 Å². The summed E-state index contributed by atoms with van der Waals surface area (Å²) in [5, 5.41) is 11.5. The van der Waals surface area contributed by atoms with E-state index in [9.17, 15) is 0 Å². The molecule has 1 heterocycles. The van der Waals surface area contributed by atoms with Crippen LogP contribution in [0.2, 0.25) is 0 Å². The Hall–Kier alpha value is -0.940. The lowest BCUT2D eigenvalue weighted by atomic mass is 10.3. The highest BCUT2D eigenvalue weighted by molar-refractivity contribution is 4.91. The van der Waals surface area contributed by atoms with Gasteiger partial charge in [-0.3, -0.25) is 4.68 Å². The standard InChI is InChI=1S/C11H22N4O/c1-4-16-7-5-6-15-9-11(13-14-15)8-12-10(2)3/h9-10,12H,4-8H2,1-3H3. The number of aryl methyl sites for hydroxylation is 1. The molecular weight excluding hydrogens is 204 g/mol. The Kier molecular flexibility index (Phi) is 6.03. The predicted molar refractivity (Wildman–Crippen MR) is 63.1 cm³/mol. The lowest BCUT2D eigenvalue weighted by molar-refractivity contribution is 0.140. The maximum atomic E-state index is 5.27. The maximum Gasteiger partial charge on any atom is 0.0964 e. The van der Waals surface area contributed by atoms with Crippen molar-refractivity contribution in [1.29, 1.82) is 0 Å². The minimum atomic E-state index is 0.475. The fraction of sp³-hybridized carbons (Fsp3) is 0.818. The number of hydrogen-bond acceptors (Lipinski definition) is 4. The molecule has 5 nitrogen and oxygen atoms in total. The van der Waals surface area contributed by atoms with Gasteiger partial charge in [0.25, 0.3) is 0 Å². The molecule has 92 valence electrons. The average Bonchev–Trinajstić information content (AvgIpc) is 2.70. The molecule has 0 radical (unpaired) electrons. The van der Waals surface area contributed by atoms with E-state index < -0.39 is 0 Å². The van der Waals surface area contributed by atoms with Gasteiger partial charge in [-0.15, -0.1) is 5.10 Å². The molecule has 0 fully saturated rings. The zero-order valence-electron chi connectivity index (χ0n) is 10.4. The van der Waals surface area contributed by atoms with Crippen LogP contribution in [0, 0.1) is 0 Å². The Bertz CT molecular complexity index is 285. The van der Waals surface area contributed by atoms with E-state index in [1.54, 1.807) is 0 Å². The molecule has 0 aliphatic heterocycles. The van der Waals surface area contributed by atoms with Crippen molar-refractivity contribution < 1.29 is 4.74 Å². The fourth-order valence-corrected chi connectivity index (χ4v) is 1.31. The molecule has 5 heteroatoms. The van der Waals surface area contributed by atoms with Crippen LogP contribution in [-0.2, 0) is 17.8 Å². The van der Waals surface area contributed by atoms with Gasteiger partial charge in [-0.05, 0) is 13.3 Å². The Balaban J connectivity index is 2.22. The lowest BCUT2D eigenvalue weighted by Gasteiger charge is -2.04. The summed E-state index contributed by atoms with van der Waals surface area (Å²) < 4.78 is 7.14. The molecule has 0 spiro atoms. The van der Waals surface area contributed by atoms with E-state index >= 15 is 0 Å². The largest absolute Gasteiger partial charge is 0.382 e. The number of nitrogens with one attached hydrogen (secondary N) is 1. The molecule has 0 aromatic carbocycles. The molecule has 0 unspecified atom stereocenters. The first kappa shape index (κ1) is 13.1. The van der Waals surface area contributed by atoms with Crippen molar-refractivity contribution in [2.24, 2.45) is 0 Å². The molecule has 0 saturated heterocycles. The van der Waals surface area contributed by atoms with Crippen LogP contribution in [0.25, 0.3) is 0 Å². The van der Waals surface area contributed by atoms with E-state index in [2.05, 4.69) is 29.5 Å². The smallest absolute Gasteiger partial charge is 0.0964 e. The van der Waals surface area contributed by atoms with Crippen molar-refractivity contribution in [3.63, 3.8) is 0 Å². The van der Waals surface area contributed by atoms with E-state index in [1.165, 1.54) is 0 Å². The van der Waals surface area contributed by atoms with Gasteiger partial charge in [0.2, 0.25) is 0 Å². The van der Waals surface area contributed by atoms with Crippen LogP contribution < -0.4 is 5.32 Å². The van der Waals surface area contributed by atoms with Gasteiger partial charge < -0.3 is 10.1 Å². The van der Waals surface area contributed by atoms with Crippen LogP contribution in [0.4, 0.5) is 0 Å². The second-order valence-electron chi connectivity index (χ2n) is 4.06. The summed E-state index contributed by atoms with van der Waals surface area (Å²) in [6.45, 7) is 9.46. The Morgan fingerprint density at radius 1 is 1.50 bits per heavy atom. The molecule has 0 aliphatic carbocycles. The van der Waals surface area contributed by atoms with E-state index in [0.717, 1.165) is 38.4 Å². The van der Waals surface area contributed by atoms with Gasteiger partial charge in [0, 0.05) is 38.5 Å². The van der Waals surface area contributed by atoms with Gasteiger partial charge in [0.15, 0.2) is 0 Å². The first-order valence-electron chi connectivity index (χ1n) is 5.92. The van der Waals surface area contributed by atoms with Crippen LogP contribution in [0.3, 0.4) is 0 Å². The third-order valence-corrected chi connectivity index (χ3v) is 2.16. The van der Waals surface area contributed by atoms with Crippen LogP contribution in [0.1, 0.15) is 32.9 Å². The summed E-state index contributed by atoms with van der Waals surface area (Å²) in [5.41, 5.74) is 0.991. The second-order valence-corrected chi connectivity index (χ2v) is 4.06. The topological polar surface area (TPSA) is 52.0 Å². The lowest BCUT2D eigenvalue weighted by Crippen LogP contribution is -2.21. The SMILES string of the molecule is CCOCCCn1cc(CNC(C)C)nn1. The predicted octanol–water partition coefficient (Wildman–Crippen LogP) is 1.20. The summed E-state index contributed by atoms with van der Waals surface area (Å²) in [6.07, 6.45) is 2.97. The van der Waals surface area contributed by atoms with Gasteiger partial charge in [0.1, 0.15) is 0 Å². The van der Waals surface area contributed by atoms with E-state index in [-0.39, 0.29) is 0 Å². The molecule has 1 N–H and O–H groups in total. The number of hydrogen-bond donors (Lipinski definition) is 1. The molecule has 0 aliphatic rings. The normalized spacial score (nSPS) is 11.2. The summed E-state index contributed by atoms with van der Waals surface area (Å²) in [4.78, 5) is 0. The molecular formula is C11H22N4O. The number of aromatic nitrogens is 3. The summed E-state index contributed by atoms with van der Waals surface area (Å²) in [5.74, 6) is 0. The molecule has 0 atom stereocenters. The molecule has 1 aromatic heterocycles. The van der Waals surface area contributed by atoms with E-state index in [0.29, 0.717) is 6.04 Å². The van der Waals surface area contributed by atoms with Crippen molar-refractivity contribution in [2.75, 3.05) is 13.2 Å². The zero-order valence-corrected chi connectivity index (χ0v) is 10.4. The highest BCUT2D eigenvalue weighted by Crippen LogP contribution is 1.95. The van der Waals surface area contributed by atoms with Crippen LogP contribution in [-0.4, -0.2) is 34.2 Å². The van der Waals surface area contributed by atoms with Gasteiger partial charge >= 0.3 is 0 Å². The molecule has 0 amide bonds. The minimum absolute atomic E-state index is 0.475. The summed E-state index contributed by atoms with van der Waals surface area (Å²) in [7, 11) is 0. The van der Waals surface area contributed by atoms with Crippen molar-refractivity contribution in [3.8, 4) is 0 Å². The summed E-state index contributed by atoms with van der Waals surface area (Å²) in [6, 6.07) is 0.475. The number of ether oxygens (including phenoxy) is 1. The Labute approximate surface area is 97.2 Å². The van der Waals surface area contributed by atoms with Crippen molar-refractivity contribution in [2.45, 2.75) is 46.3 Å². The minimum Gasteiger partial charge on any atom is -0.382 e. The Morgan fingerprint density at radius 2 is 2.31 bits per heavy atom. The molecule has 0 bridgehead atoms. The number of nitrogens with zero attached hydrogens (tertiary/aromatic N) is 3. The molecule has 1 aromatic rings. The molecule has 0 saturated carbocycles. The van der Waals surface area contributed by atoms with E-state index in [1.807, 2.05) is 17.8 Å². The van der Waals surface area contributed by atoms with Gasteiger partial charge in [-0.1, -0.05) is 19.1 Å². The third-order valence-electron chi connectivity index (χ3n) is 2.16. The van der Waals surface area contributed by atoms with Gasteiger partial charge in [0.05, 0.1) is 5.69 Å². The van der Waals surface area contributed by atoms with Crippen molar-refractivity contribution >= 4 is 0 Å². The van der Waals surface area contributed by atoms with Gasteiger partial charge in [-0.25, -0.2) is 0 Å². The fourth-order valence-electron chi connectivity index (χ4n) is 1.31. The van der Waals surface area contributed by atoms with Crippen LogP contribution in [0.5, 0.6) is 0 Å². The molecule has 16 heavy (non-hydrogen) atoms. The molecule has 1 rings (SSSR count). The third kappa shape index (κ3) is 5.23. The quantitative estimate of drug-likeness (QED) is 0.677. The first-order valence-corrected chi connectivity index (χ1v) is 5.92. The number of rotatable bonds is 8. The summed E-state index contributed by atoms with van der Waals surface area (Å²) >= 11 is 0. The zero-order chi connectivity index (χ0) is 11.8. The highest BCUT2D eigenvalue weighted by Gasteiger charge is 2.01.